The van der Waals surface area contributed by atoms with Gasteiger partial charge in [-0.1, -0.05) is 29.3 Å². The maximum absolute atomic E-state index is 12.2. The zero-order chi connectivity index (χ0) is 14.9. The second-order valence-corrected chi connectivity index (χ2v) is 6.00. The molecular formula is C15H17ClN2O2. The van der Waals surface area contributed by atoms with Crippen LogP contribution in [0, 0.1) is 6.92 Å². The summed E-state index contributed by atoms with van der Waals surface area (Å²) >= 11 is 6.09. The molecule has 0 N–H and O–H groups in total. The number of halogens is 1. The second-order valence-electron chi connectivity index (χ2n) is 5.63. The van der Waals surface area contributed by atoms with E-state index in [1.54, 1.807) is 0 Å². The molecule has 0 spiro atoms. The van der Waals surface area contributed by atoms with Crippen molar-refractivity contribution in [2.24, 2.45) is 0 Å². The maximum atomic E-state index is 12.2. The minimum Gasteiger partial charge on any atom is -0.454 e. The molecule has 0 saturated carbocycles. The lowest BCUT2D eigenvalue weighted by Gasteiger charge is -2.21. The van der Waals surface area contributed by atoms with Gasteiger partial charge in [-0.3, -0.25) is 4.79 Å². The number of aromatic nitrogens is 2. The summed E-state index contributed by atoms with van der Waals surface area (Å²) in [7, 11) is 0. The quantitative estimate of drug-likeness (QED) is 0.846. The van der Waals surface area contributed by atoms with E-state index in [0.29, 0.717) is 5.75 Å². The lowest BCUT2D eigenvalue weighted by molar-refractivity contribution is 0.333. The van der Waals surface area contributed by atoms with Crippen molar-refractivity contribution in [2.45, 2.75) is 33.2 Å². The van der Waals surface area contributed by atoms with Crippen molar-refractivity contribution in [3.05, 3.63) is 51.4 Å². The zero-order valence-electron chi connectivity index (χ0n) is 12.0. The molecule has 2 rings (SSSR count). The number of hydrogen-bond donors (Lipinski definition) is 0. The molecule has 0 bridgehead atoms. The Morgan fingerprint density at radius 1 is 1.20 bits per heavy atom. The van der Waals surface area contributed by atoms with Crippen LogP contribution in [0.15, 0.2) is 35.3 Å². The standard InChI is InChI=1S/C15H17ClN2O2/c1-10-5-7-11(8-6-10)20-12-9-17-18(15(2,3)4)14(19)13(12)16/h5-9H,1-4H3. The van der Waals surface area contributed by atoms with E-state index in [0.717, 1.165) is 5.56 Å². The predicted octanol–water partition coefficient (Wildman–Crippen LogP) is 3.75. The highest BCUT2D eigenvalue weighted by Gasteiger charge is 2.20. The molecule has 0 aliphatic heterocycles. The van der Waals surface area contributed by atoms with Crippen LogP contribution in [0.5, 0.6) is 11.5 Å². The first-order valence-electron chi connectivity index (χ1n) is 6.32. The van der Waals surface area contributed by atoms with Crippen LogP contribution in [0.3, 0.4) is 0 Å². The first kappa shape index (κ1) is 14.6. The Hall–Kier alpha value is -1.81. The third-order valence-corrected chi connectivity index (χ3v) is 3.12. The van der Waals surface area contributed by atoms with E-state index in [2.05, 4.69) is 5.10 Å². The van der Waals surface area contributed by atoms with E-state index in [9.17, 15) is 4.79 Å². The summed E-state index contributed by atoms with van der Waals surface area (Å²) in [5, 5.41) is 4.16. The summed E-state index contributed by atoms with van der Waals surface area (Å²) in [6.07, 6.45) is 1.47. The highest BCUT2D eigenvalue weighted by atomic mass is 35.5. The van der Waals surface area contributed by atoms with Gasteiger partial charge in [-0.15, -0.1) is 0 Å². The monoisotopic (exact) mass is 292 g/mol. The minimum atomic E-state index is -0.427. The van der Waals surface area contributed by atoms with Gasteiger partial charge in [-0.25, -0.2) is 4.68 Å². The summed E-state index contributed by atoms with van der Waals surface area (Å²) < 4.78 is 6.95. The molecule has 5 heteroatoms. The lowest BCUT2D eigenvalue weighted by Crippen LogP contribution is -2.36. The van der Waals surface area contributed by atoms with Gasteiger partial charge in [0.15, 0.2) is 10.8 Å². The normalized spacial score (nSPS) is 11.4. The number of aryl methyl sites for hydroxylation is 1. The van der Waals surface area contributed by atoms with Crippen LogP contribution < -0.4 is 10.3 Å². The molecule has 0 fully saturated rings. The summed E-state index contributed by atoms with van der Waals surface area (Å²) in [6.45, 7) is 7.65. The van der Waals surface area contributed by atoms with E-state index in [4.69, 9.17) is 16.3 Å². The summed E-state index contributed by atoms with van der Waals surface area (Å²) in [5.41, 5.74) is 0.344. The first-order chi connectivity index (χ1) is 9.29. The maximum Gasteiger partial charge on any atom is 0.289 e. The molecule has 1 aromatic heterocycles. The number of benzene rings is 1. The van der Waals surface area contributed by atoms with Crippen LogP contribution >= 0.6 is 11.6 Å². The molecule has 0 aliphatic carbocycles. The molecule has 0 unspecified atom stereocenters. The van der Waals surface area contributed by atoms with Crippen molar-refractivity contribution in [2.75, 3.05) is 0 Å². The van der Waals surface area contributed by atoms with Crippen LogP contribution in [0.1, 0.15) is 26.3 Å². The lowest BCUT2D eigenvalue weighted by atomic mass is 10.1. The Labute approximate surface area is 123 Å². The molecule has 0 radical (unpaired) electrons. The molecule has 1 heterocycles. The Morgan fingerprint density at radius 3 is 2.35 bits per heavy atom. The van der Waals surface area contributed by atoms with Gasteiger partial charge in [0.1, 0.15) is 5.75 Å². The Morgan fingerprint density at radius 2 is 1.80 bits per heavy atom. The molecule has 1 aromatic carbocycles. The highest BCUT2D eigenvalue weighted by molar-refractivity contribution is 6.31. The summed E-state index contributed by atoms with van der Waals surface area (Å²) in [5.74, 6) is 0.883. The average molecular weight is 293 g/mol. The molecule has 0 aliphatic rings. The van der Waals surface area contributed by atoms with Crippen LogP contribution in [0.4, 0.5) is 0 Å². The van der Waals surface area contributed by atoms with Crippen LogP contribution in [0.2, 0.25) is 5.02 Å². The number of nitrogens with zero attached hydrogens (tertiary/aromatic N) is 2. The number of hydrogen-bond acceptors (Lipinski definition) is 3. The fourth-order valence-corrected chi connectivity index (χ4v) is 1.87. The summed E-state index contributed by atoms with van der Waals surface area (Å²) in [6, 6.07) is 7.49. The fourth-order valence-electron chi connectivity index (χ4n) is 1.70. The van der Waals surface area contributed by atoms with Gasteiger partial charge < -0.3 is 4.74 Å². The van der Waals surface area contributed by atoms with Gasteiger partial charge >= 0.3 is 0 Å². The first-order valence-corrected chi connectivity index (χ1v) is 6.69. The highest BCUT2D eigenvalue weighted by Crippen LogP contribution is 2.26. The average Bonchev–Trinajstić information content (AvgIpc) is 2.36. The molecule has 20 heavy (non-hydrogen) atoms. The van der Waals surface area contributed by atoms with Crippen molar-refractivity contribution in [3.8, 4) is 11.5 Å². The second kappa shape index (κ2) is 5.29. The van der Waals surface area contributed by atoms with Crippen molar-refractivity contribution in [3.63, 3.8) is 0 Å². The molecule has 4 nitrogen and oxygen atoms in total. The molecule has 106 valence electrons. The van der Waals surface area contributed by atoms with E-state index >= 15 is 0 Å². The van der Waals surface area contributed by atoms with Gasteiger partial charge in [-0.05, 0) is 39.8 Å². The topological polar surface area (TPSA) is 44.1 Å². The predicted molar refractivity (Wildman–Crippen MR) is 79.8 cm³/mol. The minimum absolute atomic E-state index is 0.0375. The van der Waals surface area contributed by atoms with Gasteiger partial charge in [0, 0.05) is 0 Å². The molecular weight excluding hydrogens is 276 g/mol. The smallest absolute Gasteiger partial charge is 0.289 e. The SMILES string of the molecule is Cc1ccc(Oc2cnn(C(C)(C)C)c(=O)c2Cl)cc1. The molecule has 0 amide bonds. The van der Waals surface area contributed by atoms with E-state index in [1.165, 1.54) is 10.9 Å². The molecule has 0 atom stereocenters. The Kier molecular flexibility index (Phi) is 3.86. The molecule has 2 aromatic rings. The van der Waals surface area contributed by atoms with Gasteiger partial charge in [0.2, 0.25) is 0 Å². The largest absolute Gasteiger partial charge is 0.454 e. The van der Waals surface area contributed by atoms with Gasteiger partial charge in [0.25, 0.3) is 5.56 Å². The number of ether oxygens (including phenoxy) is 1. The van der Waals surface area contributed by atoms with Gasteiger partial charge in [0.05, 0.1) is 11.7 Å². The van der Waals surface area contributed by atoms with E-state index in [1.807, 2.05) is 52.0 Å². The van der Waals surface area contributed by atoms with E-state index in [-0.39, 0.29) is 16.3 Å². The van der Waals surface area contributed by atoms with Gasteiger partial charge in [-0.2, -0.15) is 5.10 Å². The Balaban J connectivity index is 2.37. The van der Waals surface area contributed by atoms with Crippen molar-refractivity contribution < 1.29 is 4.74 Å². The number of rotatable bonds is 2. The van der Waals surface area contributed by atoms with Crippen molar-refractivity contribution in [1.82, 2.24) is 9.78 Å². The van der Waals surface area contributed by atoms with Crippen molar-refractivity contribution >= 4 is 11.6 Å². The van der Waals surface area contributed by atoms with Crippen LogP contribution in [-0.2, 0) is 5.54 Å². The fraction of sp³-hybridized carbons (Fsp3) is 0.333. The van der Waals surface area contributed by atoms with E-state index < -0.39 is 5.54 Å². The van der Waals surface area contributed by atoms with Crippen molar-refractivity contribution in [1.29, 1.82) is 0 Å². The molecule has 0 saturated heterocycles. The summed E-state index contributed by atoms with van der Waals surface area (Å²) in [4.78, 5) is 12.2. The third kappa shape index (κ3) is 3.02. The third-order valence-electron chi connectivity index (χ3n) is 2.77. The zero-order valence-corrected chi connectivity index (χ0v) is 12.7. The van der Waals surface area contributed by atoms with Crippen LogP contribution in [0.25, 0.3) is 0 Å². The van der Waals surface area contributed by atoms with Crippen LogP contribution in [-0.4, -0.2) is 9.78 Å². The Bertz CT molecular complexity index is 670.